The Bertz CT molecular complexity index is 731. The summed E-state index contributed by atoms with van der Waals surface area (Å²) in [6, 6.07) is 0.941. The number of piperazine rings is 1. The monoisotopic (exact) mass is 387 g/mol. The molecule has 0 saturated carbocycles. The van der Waals surface area contributed by atoms with Gasteiger partial charge in [0.15, 0.2) is 0 Å². The highest BCUT2D eigenvalue weighted by atomic mass is 19.4. The number of rotatable bonds is 0. The van der Waals surface area contributed by atoms with E-state index in [1.54, 1.807) is 25.7 Å². The molecule has 9 heteroatoms. The standard InChI is InChI=1S/C18H24F3N3O3/c1-11-14(18(19,20)21)7-12-9-26-10-13-8-23(16(25)27-17(2,3)4)5-6-24(13)15(12)22-11/h7,13H,5-6,8-10H2,1-4H3/t13-/m1/s1. The summed E-state index contributed by atoms with van der Waals surface area (Å²) >= 11 is 0. The molecule has 0 unspecified atom stereocenters. The van der Waals surface area contributed by atoms with E-state index in [2.05, 4.69) is 4.98 Å². The number of alkyl halides is 3. The lowest BCUT2D eigenvalue weighted by Crippen LogP contribution is -2.57. The van der Waals surface area contributed by atoms with Crippen LogP contribution in [0.1, 0.15) is 37.6 Å². The fourth-order valence-corrected chi connectivity index (χ4v) is 3.35. The summed E-state index contributed by atoms with van der Waals surface area (Å²) in [6.07, 6.45) is -4.85. The van der Waals surface area contributed by atoms with Crippen molar-refractivity contribution in [3.05, 3.63) is 22.9 Å². The van der Waals surface area contributed by atoms with E-state index in [4.69, 9.17) is 9.47 Å². The maximum Gasteiger partial charge on any atom is 0.418 e. The van der Waals surface area contributed by atoms with Gasteiger partial charge in [0, 0.05) is 25.2 Å². The van der Waals surface area contributed by atoms with Crippen molar-refractivity contribution in [1.82, 2.24) is 9.88 Å². The molecule has 27 heavy (non-hydrogen) atoms. The Morgan fingerprint density at radius 1 is 1.30 bits per heavy atom. The number of pyridine rings is 1. The van der Waals surface area contributed by atoms with Crippen LogP contribution >= 0.6 is 0 Å². The first-order valence-corrected chi connectivity index (χ1v) is 8.86. The van der Waals surface area contributed by atoms with Crippen LogP contribution in [-0.4, -0.2) is 53.9 Å². The summed E-state index contributed by atoms with van der Waals surface area (Å²) in [5.41, 5.74) is -0.971. The van der Waals surface area contributed by atoms with Gasteiger partial charge in [0.2, 0.25) is 0 Å². The first-order chi connectivity index (χ1) is 12.5. The van der Waals surface area contributed by atoms with E-state index >= 15 is 0 Å². The zero-order chi connectivity index (χ0) is 20.0. The SMILES string of the molecule is Cc1nc2c(cc1C(F)(F)F)COC[C@H]1CN(C(=O)OC(C)(C)C)CCN21. The zero-order valence-electron chi connectivity index (χ0n) is 15.9. The Kier molecular flexibility index (Phi) is 5.00. The van der Waals surface area contributed by atoms with E-state index in [1.165, 1.54) is 6.92 Å². The molecule has 2 aliphatic heterocycles. The van der Waals surface area contributed by atoms with Crippen molar-refractivity contribution in [3.63, 3.8) is 0 Å². The summed E-state index contributed by atoms with van der Waals surface area (Å²) in [4.78, 5) is 20.1. The van der Waals surface area contributed by atoms with Gasteiger partial charge in [0.25, 0.3) is 0 Å². The van der Waals surface area contributed by atoms with Gasteiger partial charge in [0.1, 0.15) is 11.4 Å². The van der Waals surface area contributed by atoms with Crippen LogP contribution in [0.5, 0.6) is 0 Å². The van der Waals surface area contributed by atoms with Crippen molar-refractivity contribution in [2.45, 2.75) is 52.1 Å². The molecule has 1 aromatic heterocycles. The highest BCUT2D eigenvalue weighted by Crippen LogP contribution is 2.36. The van der Waals surface area contributed by atoms with E-state index < -0.39 is 23.4 Å². The largest absolute Gasteiger partial charge is 0.444 e. The summed E-state index contributed by atoms with van der Waals surface area (Å²) < 4.78 is 50.5. The molecular formula is C18H24F3N3O3. The Labute approximate surface area is 156 Å². The molecule has 1 atom stereocenters. The second-order valence-corrected chi connectivity index (χ2v) is 7.89. The fraction of sp³-hybridized carbons (Fsp3) is 0.667. The predicted octanol–water partition coefficient (Wildman–Crippen LogP) is 3.36. The van der Waals surface area contributed by atoms with E-state index in [9.17, 15) is 18.0 Å². The number of carbonyl (C=O) groups excluding carboxylic acids is 1. The molecule has 2 aliphatic rings. The van der Waals surface area contributed by atoms with Crippen molar-refractivity contribution in [2.75, 3.05) is 31.1 Å². The molecule has 0 bridgehead atoms. The third kappa shape index (κ3) is 4.28. The van der Waals surface area contributed by atoms with Crippen LogP contribution in [0, 0.1) is 6.92 Å². The van der Waals surface area contributed by atoms with Gasteiger partial charge in [-0.1, -0.05) is 0 Å². The van der Waals surface area contributed by atoms with Gasteiger partial charge in [-0.3, -0.25) is 0 Å². The van der Waals surface area contributed by atoms with Crippen molar-refractivity contribution in [3.8, 4) is 0 Å². The lowest BCUT2D eigenvalue weighted by Gasteiger charge is -2.41. The molecule has 1 saturated heterocycles. The predicted molar refractivity (Wildman–Crippen MR) is 92.6 cm³/mol. The van der Waals surface area contributed by atoms with Crippen LogP contribution in [0.15, 0.2) is 6.07 Å². The molecule has 0 aromatic carbocycles. The fourth-order valence-electron chi connectivity index (χ4n) is 3.35. The minimum absolute atomic E-state index is 0.0588. The maximum atomic E-state index is 13.2. The number of fused-ring (bicyclic) bond motifs is 3. The molecule has 0 spiro atoms. The van der Waals surface area contributed by atoms with Crippen molar-refractivity contribution < 1.29 is 27.4 Å². The quantitative estimate of drug-likeness (QED) is 0.683. The number of hydrogen-bond donors (Lipinski definition) is 0. The number of nitrogens with zero attached hydrogens (tertiary/aromatic N) is 3. The average Bonchev–Trinajstić information content (AvgIpc) is 2.70. The van der Waals surface area contributed by atoms with E-state index in [-0.39, 0.29) is 18.3 Å². The number of aromatic nitrogens is 1. The number of ether oxygens (including phenoxy) is 2. The van der Waals surface area contributed by atoms with E-state index in [0.29, 0.717) is 37.6 Å². The smallest absolute Gasteiger partial charge is 0.418 e. The van der Waals surface area contributed by atoms with Crippen LogP contribution in [-0.2, 0) is 22.3 Å². The van der Waals surface area contributed by atoms with Gasteiger partial charge >= 0.3 is 12.3 Å². The topological polar surface area (TPSA) is 54.9 Å². The number of amides is 1. The number of hydrogen-bond acceptors (Lipinski definition) is 5. The molecule has 3 rings (SSSR count). The minimum Gasteiger partial charge on any atom is -0.444 e. The number of anilines is 1. The molecule has 3 heterocycles. The maximum absolute atomic E-state index is 13.2. The molecule has 0 radical (unpaired) electrons. The Morgan fingerprint density at radius 3 is 2.63 bits per heavy atom. The zero-order valence-corrected chi connectivity index (χ0v) is 15.9. The summed E-state index contributed by atoms with van der Waals surface area (Å²) in [5.74, 6) is 0.506. The lowest BCUT2D eigenvalue weighted by molar-refractivity contribution is -0.138. The van der Waals surface area contributed by atoms with E-state index in [1.807, 2.05) is 4.90 Å². The second-order valence-electron chi connectivity index (χ2n) is 7.89. The lowest BCUT2D eigenvalue weighted by atomic mass is 10.1. The summed E-state index contributed by atoms with van der Waals surface area (Å²) in [7, 11) is 0. The van der Waals surface area contributed by atoms with Crippen LogP contribution in [0.25, 0.3) is 0 Å². The normalized spacial score (nSPS) is 20.6. The first kappa shape index (κ1) is 19.7. The Morgan fingerprint density at radius 2 is 2.00 bits per heavy atom. The van der Waals surface area contributed by atoms with Crippen molar-refractivity contribution in [2.24, 2.45) is 0 Å². The van der Waals surface area contributed by atoms with Gasteiger partial charge in [-0.2, -0.15) is 13.2 Å². The molecule has 1 fully saturated rings. The highest BCUT2D eigenvalue weighted by molar-refractivity contribution is 5.69. The number of aryl methyl sites for hydroxylation is 1. The van der Waals surface area contributed by atoms with Gasteiger partial charge in [-0.25, -0.2) is 9.78 Å². The molecule has 1 aromatic rings. The van der Waals surface area contributed by atoms with Crippen LogP contribution < -0.4 is 4.90 Å². The summed E-state index contributed by atoms with van der Waals surface area (Å²) in [6.45, 7) is 8.37. The van der Waals surface area contributed by atoms with E-state index in [0.717, 1.165) is 6.07 Å². The summed E-state index contributed by atoms with van der Waals surface area (Å²) in [5, 5.41) is 0. The molecule has 1 amide bonds. The second kappa shape index (κ2) is 6.85. The average molecular weight is 387 g/mol. The number of carbonyl (C=O) groups is 1. The van der Waals surface area contributed by atoms with Gasteiger partial charge < -0.3 is 19.3 Å². The van der Waals surface area contributed by atoms with Crippen molar-refractivity contribution >= 4 is 11.9 Å². The minimum atomic E-state index is -4.45. The molecule has 150 valence electrons. The molecule has 0 N–H and O–H groups in total. The van der Waals surface area contributed by atoms with Crippen LogP contribution in [0.3, 0.4) is 0 Å². The Hall–Kier alpha value is -2.03. The van der Waals surface area contributed by atoms with Crippen LogP contribution in [0.2, 0.25) is 0 Å². The third-order valence-corrected chi connectivity index (χ3v) is 4.55. The van der Waals surface area contributed by atoms with Crippen LogP contribution in [0.4, 0.5) is 23.8 Å². The highest BCUT2D eigenvalue weighted by Gasteiger charge is 2.38. The van der Waals surface area contributed by atoms with Gasteiger partial charge in [0.05, 0.1) is 30.5 Å². The molecular weight excluding hydrogens is 363 g/mol. The first-order valence-electron chi connectivity index (χ1n) is 8.86. The third-order valence-electron chi connectivity index (χ3n) is 4.55. The molecule has 6 nitrogen and oxygen atoms in total. The number of halogens is 3. The van der Waals surface area contributed by atoms with Gasteiger partial charge in [-0.15, -0.1) is 0 Å². The van der Waals surface area contributed by atoms with Crippen molar-refractivity contribution in [1.29, 1.82) is 0 Å². The Balaban J connectivity index is 1.83. The van der Waals surface area contributed by atoms with Gasteiger partial charge in [-0.05, 0) is 33.8 Å². The molecule has 0 aliphatic carbocycles.